The molecule has 0 aliphatic rings. The van der Waals surface area contributed by atoms with E-state index in [0.717, 1.165) is 5.56 Å². The average Bonchev–Trinajstić information content (AvgIpc) is 2.68. The molecule has 1 aromatic carbocycles. The zero-order valence-electron chi connectivity index (χ0n) is 10.2. The topological polar surface area (TPSA) is 61.0 Å². The average molecular weight is 243 g/mol. The Bertz CT molecular complexity index is 614. The Kier molecular flexibility index (Phi) is 3.23. The summed E-state index contributed by atoms with van der Waals surface area (Å²) < 4.78 is 1.45. The van der Waals surface area contributed by atoms with Crippen LogP contribution in [-0.4, -0.2) is 14.5 Å². The second-order valence-electron chi connectivity index (χ2n) is 4.04. The van der Waals surface area contributed by atoms with Crippen molar-refractivity contribution in [2.45, 2.75) is 6.92 Å². The molecule has 0 N–H and O–H groups in total. The predicted octanol–water partition coefficient (Wildman–Crippen LogP) is 2.81. The lowest BCUT2D eigenvalue weighted by atomic mass is 10.1. The second-order valence-corrected chi connectivity index (χ2v) is 4.04. The molecule has 5 nitrogen and oxygen atoms in total. The van der Waals surface area contributed by atoms with Crippen molar-refractivity contribution in [2.24, 2.45) is 7.05 Å². The Labute approximate surface area is 105 Å². The SMILES string of the molecule is Cc1cccc(/C=C/c2ncc([N+](=O)[O-])n2C)c1. The highest BCUT2D eigenvalue weighted by Crippen LogP contribution is 2.14. The second kappa shape index (κ2) is 4.83. The molecule has 1 heterocycles. The minimum Gasteiger partial charge on any atom is -0.358 e. The van der Waals surface area contributed by atoms with Crippen molar-refractivity contribution in [1.82, 2.24) is 9.55 Å². The van der Waals surface area contributed by atoms with Gasteiger partial charge in [-0.25, -0.2) is 9.55 Å². The molecule has 0 unspecified atom stereocenters. The van der Waals surface area contributed by atoms with Crippen LogP contribution in [0.2, 0.25) is 0 Å². The zero-order chi connectivity index (χ0) is 13.1. The van der Waals surface area contributed by atoms with Gasteiger partial charge in [-0.2, -0.15) is 0 Å². The molecule has 5 heteroatoms. The van der Waals surface area contributed by atoms with E-state index < -0.39 is 4.92 Å². The van der Waals surface area contributed by atoms with Crippen LogP contribution >= 0.6 is 0 Å². The summed E-state index contributed by atoms with van der Waals surface area (Å²) in [7, 11) is 1.63. The smallest absolute Gasteiger partial charge is 0.342 e. The molecule has 0 aliphatic carbocycles. The Hall–Kier alpha value is -2.43. The maximum absolute atomic E-state index is 10.7. The van der Waals surface area contributed by atoms with Gasteiger partial charge < -0.3 is 10.1 Å². The number of aromatic nitrogens is 2. The van der Waals surface area contributed by atoms with Gasteiger partial charge >= 0.3 is 5.82 Å². The minimum atomic E-state index is -0.447. The van der Waals surface area contributed by atoms with Crippen molar-refractivity contribution in [3.63, 3.8) is 0 Å². The van der Waals surface area contributed by atoms with Gasteiger partial charge in [0.1, 0.15) is 6.20 Å². The molecular weight excluding hydrogens is 230 g/mol. The first-order valence-corrected chi connectivity index (χ1v) is 5.49. The number of hydrogen-bond acceptors (Lipinski definition) is 3. The third-order valence-corrected chi connectivity index (χ3v) is 2.65. The number of hydrogen-bond donors (Lipinski definition) is 0. The molecule has 0 aliphatic heterocycles. The Balaban J connectivity index is 2.27. The fraction of sp³-hybridized carbons (Fsp3) is 0.154. The van der Waals surface area contributed by atoms with E-state index in [1.54, 1.807) is 13.1 Å². The molecule has 0 saturated carbocycles. The Morgan fingerprint density at radius 1 is 1.39 bits per heavy atom. The van der Waals surface area contributed by atoms with Crippen molar-refractivity contribution >= 4 is 18.0 Å². The summed E-state index contributed by atoms with van der Waals surface area (Å²) in [4.78, 5) is 14.2. The van der Waals surface area contributed by atoms with Crippen LogP contribution in [-0.2, 0) is 7.05 Å². The molecule has 2 aromatic rings. The van der Waals surface area contributed by atoms with Crippen molar-refractivity contribution in [3.8, 4) is 0 Å². The van der Waals surface area contributed by atoms with Crippen molar-refractivity contribution in [1.29, 1.82) is 0 Å². The van der Waals surface area contributed by atoms with E-state index in [0.29, 0.717) is 5.82 Å². The number of imidazole rings is 1. The Morgan fingerprint density at radius 2 is 2.17 bits per heavy atom. The van der Waals surface area contributed by atoms with E-state index in [1.807, 2.05) is 37.3 Å². The number of aryl methyl sites for hydroxylation is 1. The van der Waals surface area contributed by atoms with Gasteiger partial charge in [0, 0.05) is 6.08 Å². The molecule has 0 radical (unpaired) electrons. The van der Waals surface area contributed by atoms with E-state index in [-0.39, 0.29) is 5.82 Å². The highest BCUT2D eigenvalue weighted by molar-refractivity contribution is 5.67. The summed E-state index contributed by atoms with van der Waals surface area (Å²) in [5.74, 6) is 0.544. The third kappa shape index (κ3) is 2.45. The molecule has 2 rings (SSSR count). The standard InChI is InChI=1S/C13H13N3O2/c1-10-4-3-5-11(8-10)6-7-12-14-9-13(15(12)2)16(17)18/h3-9H,1-2H3/b7-6+. The molecule has 1 aromatic heterocycles. The first kappa shape index (κ1) is 12.0. The molecule has 0 bridgehead atoms. The minimum absolute atomic E-state index is 0.0149. The third-order valence-electron chi connectivity index (χ3n) is 2.65. The van der Waals surface area contributed by atoms with Gasteiger partial charge in [-0.3, -0.25) is 0 Å². The molecule has 18 heavy (non-hydrogen) atoms. The van der Waals surface area contributed by atoms with Crippen LogP contribution < -0.4 is 0 Å². The van der Waals surface area contributed by atoms with Crippen LogP contribution in [0.4, 0.5) is 5.82 Å². The molecule has 92 valence electrons. The summed E-state index contributed by atoms with van der Waals surface area (Å²) >= 11 is 0. The molecule has 0 saturated heterocycles. The highest BCUT2D eigenvalue weighted by atomic mass is 16.6. The van der Waals surface area contributed by atoms with Crippen LogP contribution in [0, 0.1) is 17.0 Å². The fourth-order valence-corrected chi connectivity index (χ4v) is 1.68. The molecule has 0 amide bonds. The normalized spacial score (nSPS) is 11.0. The summed E-state index contributed by atoms with van der Waals surface area (Å²) in [6.45, 7) is 2.02. The van der Waals surface area contributed by atoms with Crippen LogP contribution in [0.15, 0.2) is 30.5 Å². The van der Waals surface area contributed by atoms with Crippen molar-refractivity contribution in [2.75, 3.05) is 0 Å². The molecule has 0 spiro atoms. The number of rotatable bonds is 3. The maximum Gasteiger partial charge on any atom is 0.342 e. The van der Waals surface area contributed by atoms with Crippen LogP contribution in [0.25, 0.3) is 12.2 Å². The number of nitro groups is 1. The predicted molar refractivity (Wildman–Crippen MR) is 70.0 cm³/mol. The van der Waals surface area contributed by atoms with E-state index >= 15 is 0 Å². The van der Waals surface area contributed by atoms with Gasteiger partial charge in [0.15, 0.2) is 0 Å². The fourth-order valence-electron chi connectivity index (χ4n) is 1.68. The largest absolute Gasteiger partial charge is 0.358 e. The maximum atomic E-state index is 10.7. The first-order chi connectivity index (χ1) is 8.58. The molecule has 0 atom stereocenters. The van der Waals surface area contributed by atoms with E-state index in [4.69, 9.17) is 0 Å². The monoisotopic (exact) mass is 243 g/mol. The van der Waals surface area contributed by atoms with Gasteiger partial charge in [0.05, 0.1) is 7.05 Å². The van der Waals surface area contributed by atoms with E-state index in [2.05, 4.69) is 4.98 Å². The molecular formula is C13H13N3O2. The van der Waals surface area contributed by atoms with Gasteiger partial charge in [-0.15, -0.1) is 0 Å². The lowest BCUT2D eigenvalue weighted by Crippen LogP contribution is -1.98. The lowest BCUT2D eigenvalue weighted by molar-refractivity contribution is -0.391. The van der Waals surface area contributed by atoms with E-state index in [9.17, 15) is 10.1 Å². The lowest BCUT2D eigenvalue weighted by Gasteiger charge is -1.96. The number of benzene rings is 1. The van der Waals surface area contributed by atoms with Gasteiger partial charge in [-0.05, 0) is 23.5 Å². The van der Waals surface area contributed by atoms with Gasteiger partial charge in [0.2, 0.25) is 5.82 Å². The summed E-state index contributed by atoms with van der Waals surface area (Å²) in [5, 5.41) is 10.7. The summed E-state index contributed by atoms with van der Waals surface area (Å²) in [5.41, 5.74) is 2.21. The van der Waals surface area contributed by atoms with Crippen molar-refractivity contribution < 1.29 is 4.92 Å². The summed E-state index contributed by atoms with van der Waals surface area (Å²) in [6, 6.07) is 7.99. The summed E-state index contributed by atoms with van der Waals surface area (Å²) in [6.07, 6.45) is 4.91. The van der Waals surface area contributed by atoms with Crippen LogP contribution in [0.1, 0.15) is 17.0 Å². The highest BCUT2D eigenvalue weighted by Gasteiger charge is 2.13. The Morgan fingerprint density at radius 3 is 2.78 bits per heavy atom. The zero-order valence-corrected chi connectivity index (χ0v) is 10.2. The molecule has 0 fully saturated rings. The van der Waals surface area contributed by atoms with Crippen LogP contribution in [0.3, 0.4) is 0 Å². The van der Waals surface area contributed by atoms with Crippen molar-refractivity contribution in [3.05, 3.63) is 57.5 Å². The van der Waals surface area contributed by atoms with Crippen LogP contribution in [0.5, 0.6) is 0 Å². The van der Waals surface area contributed by atoms with Gasteiger partial charge in [-0.1, -0.05) is 29.8 Å². The van der Waals surface area contributed by atoms with Gasteiger partial charge in [0.25, 0.3) is 0 Å². The number of nitrogens with zero attached hydrogens (tertiary/aromatic N) is 3. The van der Waals surface area contributed by atoms with E-state index in [1.165, 1.54) is 16.3 Å². The first-order valence-electron chi connectivity index (χ1n) is 5.49. The quantitative estimate of drug-likeness (QED) is 0.615.